The summed E-state index contributed by atoms with van der Waals surface area (Å²) >= 11 is 0. The SMILES string of the molecule is C=C(C)C(=O)OOC1(F)CCCO1. The highest BCUT2D eigenvalue weighted by atomic mass is 19.2. The molecule has 1 rings (SSSR count). The molecular formula is C8H11FO4. The number of ether oxygens (including phenoxy) is 1. The van der Waals surface area contributed by atoms with E-state index in [1.54, 1.807) is 0 Å². The van der Waals surface area contributed by atoms with E-state index in [4.69, 9.17) is 0 Å². The van der Waals surface area contributed by atoms with Gasteiger partial charge in [0.1, 0.15) is 0 Å². The van der Waals surface area contributed by atoms with Crippen molar-refractivity contribution in [3.05, 3.63) is 12.2 Å². The van der Waals surface area contributed by atoms with Gasteiger partial charge in [0, 0.05) is 12.0 Å². The predicted molar refractivity (Wildman–Crippen MR) is 41.0 cm³/mol. The Bertz CT molecular complexity index is 220. The highest BCUT2D eigenvalue weighted by Gasteiger charge is 2.39. The molecule has 0 amide bonds. The highest BCUT2D eigenvalue weighted by molar-refractivity contribution is 5.86. The first-order valence-electron chi connectivity index (χ1n) is 3.92. The van der Waals surface area contributed by atoms with E-state index in [0.29, 0.717) is 6.42 Å². The van der Waals surface area contributed by atoms with E-state index < -0.39 is 12.0 Å². The van der Waals surface area contributed by atoms with Gasteiger partial charge in [-0.1, -0.05) is 6.58 Å². The zero-order chi connectivity index (χ0) is 9.90. The van der Waals surface area contributed by atoms with E-state index in [1.807, 2.05) is 0 Å². The molecule has 5 heteroatoms. The number of rotatable bonds is 3. The predicted octanol–water partition coefficient (Wildman–Crippen LogP) is 1.47. The lowest BCUT2D eigenvalue weighted by molar-refractivity contribution is -0.437. The van der Waals surface area contributed by atoms with E-state index in [1.165, 1.54) is 6.92 Å². The molecule has 0 aromatic carbocycles. The summed E-state index contributed by atoms with van der Waals surface area (Å²) in [6.45, 7) is 5.01. The fourth-order valence-electron chi connectivity index (χ4n) is 0.817. The summed E-state index contributed by atoms with van der Waals surface area (Å²) in [5, 5.41) is 0. The molecule has 1 aliphatic heterocycles. The van der Waals surface area contributed by atoms with Crippen LogP contribution in [0, 0.1) is 0 Å². The zero-order valence-corrected chi connectivity index (χ0v) is 7.34. The summed E-state index contributed by atoms with van der Waals surface area (Å²) in [5.74, 6) is -0.799. The third-order valence-electron chi connectivity index (χ3n) is 1.53. The van der Waals surface area contributed by atoms with Crippen molar-refractivity contribution in [3.63, 3.8) is 0 Å². The van der Waals surface area contributed by atoms with E-state index >= 15 is 0 Å². The lowest BCUT2D eigenvalue weighted by Crippen LogP contribution is -2.27. The lowest BCUT2D eigenvalue weighted by atomic mass is 10.3. The van der Waals surface area contributed by atoms with Crippen LogP contribution in [0.15, 0.2) is 12.2 Å². The zero-order valence-electron chi connectivity index (χ0n) is 7.34. The molecule has 1 heterocycles. The van der Waals surface area contributed by atoms with Gasteiger partial charge in [0.25, 0.3) is 0 Å². The van der Waals surface area contributed by atoms with Crippen LogP contribution < -0.4 is 0 Å². The molecule has 74 valence electrons. The number of hydrogen-bond donors (Lipinski definition) is 0. The Kier molecular flexibility index (Phi) is 3.00. The maximum absolute atomic E-state index is 13.2. The Morgan fingerprint density at radius 1 is 1.69 bits per heavy atom. The quantitative estimate of drug-likeness (QED) is 0.384. The van der Waals surface area contributed by atoms with Crippen molar-refractivity contribution >= 4 is 5.97 Å². The van der Waals surface area contributed by atoms with Crippen LogP contribution in [0.1, 0.15) is 19.8 Å². The molecular weight excluding hydrogens is 179 g/mol. The normalized spacial score (nSPS) is 27.2. The summed E-state index contributed by atoms with van der Waals surface area (Å²) in [4.78, 5) is 19.1. The van der Waals surface area contributed by atoms with Crippen LogP contribution in [-0.4, -0.2) is 18.6 Å². The fourth-order valence-corrected chi connectivity index (χ4v) is 0.817. The Morgan fingerprint density at radius 2 is 2.38 bits per heavy atom. The van der Waals surface area contributed by atoms with E-state index in [2.05, 4.69) is 21.1 Å². The first-order chi connectivity index (χ1) is 6.03. The van der Waals surface area contributed by atoms with Crippen LogP contribution in [0.5, 0.6) is 0 Å². The number of carbonyl (C=O) groups is 1. The maximum atomic E-state index is 13.2. The van der Waals surface area contributed by atoms with Gasteiger partial charge < -0.3 is 4.74 Å². The average molecular weight is 190 g/mol. The van der Waals surface area contributed by atoms with Crippen LogP contribution in [0.3, 0.4) is 0 Å². The van der Waals surface area contributed by atoms with Gasteiger partial charge in [-0.2, -0.15) is 4.39 Å². The van der Waals surface area contributed by atoms with Crippen molar-refractivity contribution in [1.82, 2.24) is 0 Å². The van der Waals surface area contributed by atoms with E-state index in [9.17, 15) is 9.18 Å². The van der Waals surface area contributed by atoms with Crippen molar-refractivity contribution in [3.8, 4) is 0 Å². The summed E-state index contributed by atoms with van der Waals surface area (Å²) in [6.07, 6.45) is 0.609. The molecule has 0 N–H and O–H groups in total. The highest BCUT2D eigenvalue weighted by Crippen LogP contribution is 2.28. The summed E-state index contributed by atoms with van der Waals surface area (Å²) in [5.41, 5.74) is 0.140. The van der Waals surface area contributed by atoms with Crippen molar-refractivity contribution in [1.29, 1.82) is 0 Å². The molecule has 1 aliphatic rings. The van der Waals surface area contributed by atoms with Gasteiger partial charge in [0.15, 0.2) is 0 Å². The van der Waals surface area contributed by atoms with Crippen molar-refractivity contribution in [2.45, 2.75) is 25.8 Å². The summed E-state index contributed by atoms with van der Waals surface area (Å²) in [6, 6.07) is -2.27. The first-order valence-corrected chi connectivity index (χ1v) is 3.92. The lowest BCUT2D eigenvalue weighted by Gasteiger charge is -2.15. The van der Waals surface area contributed by atoms with Gasteiger partial charge in [-0.3, -0.25) is 4.89 Å². The monoisotopic (exact) mass is 190 g/mol. The van der Waals surface area contributed by atoms with Gasteiger partial charge in [-0.15, -0.1) is 4.89 Å². The molecule has 0 spiro atoms. The Balaban J connectivity index is 2.33. The summed E-state index contributed by atoms with van der Waals surface area (Å²) < 4.78 is 17.8. The molecule has 0 radical (unpaired) electrons. The molecule has 0 aromatic rings. The molecule has 0 bridgehead atoms. The minimum Gasteiger partial charge on any atom is -0.322 e. The second-order valence-electron chi connectivity index (χ2n) is 2.85. The third-order valence-corrected chi connectivity index (χ3v) is 1.53. The van der Waals surface area contributed by atoms with Gasteiger partial charge >= 0.3 is 12.0 Å². The molecule has 1 unspecified atom stereocenters. The van der Waals surface area contributed by atoms with Crippen molar-refractivity contribution < 1.29 is 23.7 Å². The number of carbonyl (C=O) groups excluding carboxylic acids is 1. The second-order valence-corrected chi connectivity index (χ2v) is 2.85. The number of hydrogen-bond acceptors (Lipinski definition) is 4. The third kappa shape index (κ3) is 2.78. The molecule has 0 aliphatic carbocycles. The molecule has 1 atom stereocenters. The van der Waals surface area contributed by atoms with E-state index in [-0.39, 0.29) is 18.6 Å². The van der Waals surface area contributed by atoms with Crippen molar-refractivity contribution in [2.24, 2.45) is 0 Å². The average Bonchev–Trinajstić information content (AvgIpc) is 2.48. The molecule has 4 nitrogen and oxygen atoms in total. The molecule has 0 saturated carbocycles. The molecule has 0 aromatic heterocycles. The van der Waals surface area contributed by atoms with Gasteiger partial charge in [0.05, 0.1) is 6.61 Å². The number of alkyl halides is 1. The minimum absolute atomic E-state index is 0.0659. The van der Waals surface area contributed by atoms with Crippen LogP contribution in [0.2, 0.25) is 0 Å². The molecule has 1 saturated heterocycles. The summed E-state index contributed by atoms with van der Waals surface area (Å²) in [7, 11) is 0. The Hall–Kier alpha value is -0.940. The van der Waals surface area contributed by atoms with Gasteiger partial charge in [-0.05, 0) is 13.3 Å². The fraction of sp³-hybridized carbons (Fsp3) is 0.625. The molecule has 13 heavy (non-hydrogen) atoms. The standard InChI is InChI=1S/C8H11FO4/c1-6(2)7(10)12-13-8(9)4-3-5-11-8/h1,3-5H2,2H3. The Labute approximate surface area is 75.2 Å². The molecule has 1 fully saturated rings. The maximum Gasteiger partial charge on any atom is 0.368 e. The van der Waals surface area contributed by atoms with Crippen LogP contribution in [0.25, 0.3) is 0 Å². The second kappa shape index (κ2) is 3.85. The van der Waals surface area contributed by atoms with Crippen LogP contribution >= 0.6 is 0 Å². The smallest absolute Gasteiger partial charge is 0.322 e. The number of halogens is 1. The topological polar surface area (TPSA) is 44.8 Å². The Morgan fingerprint density at radius 3 is 2.85 bits per heavy atom. The van der Waals surface area contributed by atoms with Gasteiger partial charge in [0.2, 0.25) is 0 Å². The van der Waals surface area contributed by atoms with Gasteiger partial charge in [-0.25, -0.2) is 4.79 Å². The first kappa shape index (κ1) is 10.1. The van der Waals surface area contributed by atoms with Crippen LogP contribution in [0.4, 0.5) is 4.39 Å². The minimum atomic E-state index is -2.27. The largest absolute Gasteiger partial charge is 0.368 e. The van der Waals surface area contributed by atoms with Crippen LogP contribution in [-0.2, 0) is 19.3 Å². The van der Waals surface area contributed by atoms with E-state index in [0.717, 1.165) is 0 Å². The van der Waals surface area contributed by atoms with Crippen molar-refractivity contribution in [2.75, 3.05) is 6.61 Å².